The van der Waals surface area contributed by atoms with Crippen LogP contribution in [0.5, 0.6) is 0 Å². The molecule has 0 aromatic heterocycles. The highest BCUT2D eigenvalue weighted by molar-refractivity contribution is 7.06. The van der Waals surface area contributed by atoms with Crippen LogP contribution in [0.3, 0.4) is 0 Å². The number of benzene rings is 9. The van der Waals surface area contributed by atoms with E-state index in [1.54, 1.807) is 10.4 Å². The van der Waals surface area contributed by atoms with Crippen LogP contribution in [0.25, 0.3) is 88.0 Å². The first-order valence-electron chi connectivity index (χ1n) is 20.5. The second kappa shape index (κ2) is 11.7. The molecule has 0 bridgehead atoms. The average Bonchev–Trinajstić information content (AvgIpc) is 3.92. The number of rotatable bonds is 3. The van der Waals surface area contributed by atoms with E-state index in [0.717, 1.165) is 0 Å². The maximum absolute atomic E-state index is 2.58. The van der Waals surface area contributed by atoms with Gasteiger partial charge in [0.05, 0.1) is 0 Å². The standard InChI is InChI=1S/C55H42Si/c1-55(2)48-24-9-7-21-44(48)54-45(23-14-25-49(54)55)53-42-20-6-5-19-41(42)52(43-29-27-36(33-47(43)53)39-22-13-16-35-15-3-4-17-38(35)39)37-28-30-51-46(34-37)40-18-8-10-26-50(40)56(51)31-11-12-32-56/h3-10,13-30,33-34H,11-12,31-32H2,1-2H3. The smallest absolute Gasteiger partial charge is 0.0623 e. The van der Waals surface area contributed by atoms with Gasteiger partial charge in [-0.3, -0.25) is 0 Å². The van der Waals surface area contributed by atoms with E-state index in [1.807, 2.05) is 0 Å². The van der Waals surface area contributed by atoms with Crippen LogP contribution in [0.4, 0.5) is 0 Å². The molecule has 0 amide bonds. The van der Waals surface area contributed by atoms with Crippen molar-refractivity contribution in [3.05, 3.63) is 181 Å². The van der Waals surface area contributed by atoms with Gasteiger partial charge in [-0.15, -0.1) is 0 Å². The first-order valence-corrected chi connectivity index (χ1v) is 22.9. The van der Waals surface area contributed by atoms with Gasteiger partial charge in [0, 0.05) is 5.41 Å². The van der Waals surface area contributed by atoms with Crippen LogP contribution in [0.15, 0.2) is 170 Å². The van der Waals surface area contributed by atoms with Gasteiger partial charge in [-0.1, -0.05) is 184 Å². The molecule has 0 atom stereocenters. The first kappa shape index (κ1) is 32.2. The lowest BCUT2D eigenvalue weighted by Crippen LogP contribution is -2.52. The molecule has 56 heavy (non-hydrogen) atoms. The monoisotopic (exact) mass is 730 g/mol. The van der Waals surface area contributed by atoms with Gasteiger partial charge in [-0.25, -0.2) is 0 Å². The third-order valence-corrected chi connectivity index (χ3v) is 19.4. The van der Waals surface area contributed by atoms with Gasteiger partial charge in [-0.05, 0) is 134 Å². The lowest BCUT2D eigenvalue weighted by Gasteiger charge is -2.24. The third-order valence-electron chi connectivity index (χ3n) is 14.0. The van der Waals surface area contributed by atoms with Crippen molar-refractivity contribution in [2.75, 3.05) is 0 Å². The van der Waals surface area contributed by atoms with Crippen LogP contribution < -0.4 is 10.4 Å². The van der Waals surface area contributed by atoms with Crippen LogP contribution in [0, 0.1) is 0 Å². The number of hydrogen-bond acceptors (Lipinski definition) is 0. The maximum atomic E-state index is 2.58. The van der Waals surface area contributed by atoms with Crippen LogP contribution in [0.1, 0.15) is 37.8 Å². The van der Waals surface area contributed by atoms with Crippen molar-refractivity contribution in [3.63, 3.8) is 0 Å². The third kappa shape index (κ3) is 4.30. The van der Waals surface area contributed by atoms with E-state index in [-0.39, 0.29) is 5.41 Å². The van der Waals surface area contributed by atoms with Crippen LogP contribution in [0.2, 0.25) is 12.1 Å². The van der Waals surface area contributed by atoms with E-state index in [4.69, 9.17) is 0 Å². The van der Waals surface area contributed by atoms with Crippen LogP contribution in [-0.4, -0.2) is 8.07 Å². The summed E-state index contributed by atoms with van der Waals surface area (Å²) in [5.41, 5.74) is 16.3. The second-order valence-electron chi connectivity index (χ2n) is 17.1. The molecule has 2 aliphatic heterocycles. The summed E-state index contributed by atoms with van der Waals surface area (Å²) in [7, 11) is -1.71. The Hall–Kier alpha value is -6.02. The quantitative estimate of drug-likeness (QED) is 0.125. The van der Waals surface area contributed by atoms with Crippen molar-refractivity contribution in [2.24, 2.45) is 0 Å². The van der Waals surface area contributed by atoms with E-state index < -0.39 is 8.07 Å². The molecule has 12 rings (SSSR count). The summed E-state index contributed by atoms with van der Waals surface area (Å²) in [4.78, 5) is 0. The molecule has 0 radical (unpaired) electrons. The molecule has 0 saturated carbocycles. The Kier molecular flexibility index (Phi) is 6.76. The minimum Gasteiger partial charge on any atom is -0.0623 e. The van der Waals surface area contributed by atoms with Gasteiger partial charge < -0.3 is 0 Å². The minimum atomic E-state index is -1.71. The number of hydrogen-bond donors (Lipinski definition) is 0. The van der Waals surface area contributed by atoms with Gasteiger partial charge >= 0.3 is 0 Å². The Morgan fingerprint density at radius 2 is 0.964 bits per heavy atom. The molecule has 1 spiro atoms. The largest absolute Gasteiger partial charge is 0.119 e. The predicted octanol–water partition coefficient (Wildman–Crippen LogP) is 13.8. The van der Waals surface area contributed by atoms with Gasteiger partial charge in [0.25, 0.3) is 0 Å². The van der Waals surface area contributed by atoms with E-state index in [2.05, 4.69) is 184 Å². The molecule has 0 nitrogen and oxygen atoms in total. The molecule has 9 aromatic carbocycles. The highest BCUT2D eigenvalue weighted by Crippen LogP contribution is 2.55. The summed E-state index contributed by atoms with van der Waals surface area (Å²) in [6, 6.07) is 68.1. The summed E-state index contributed by atoms with van der Waals surface area (Å²) in [6.45, 7) is 4.79. The van der Waals surface area contributed by atoms with Gasteiger partial charge in [0.15, 0.2) is 0 Å². The van der Waals surface area contributed by atoms with Crippen molar-refractivity contribution >= 4 is 50.8 Å². The molecule has 1 fully saturated rings. The van der Waals surface area contributed by atoms with Crippen molar-refractivity contribution in [1.29, 1.82) is 0 Å². The fourth-order valence-corrected chi connectivity index (χ4v) is 17.1. The molecule has 0 unspecified atom stereocenters. The van der Waals surface area contributed by atoms with Crippen LogP contribution >= 0.6 is 0 Å². The van der Waals surface area contributed by atoms with Crippen LogP contribution in [-0.2, 0) is 5.41 Å². The average molecular weight is 731 g/mol. The van der Waals surface area contributed by atoms with E-state index in [9.17, 15) is 0 Å². The van der Waals surface area contributed by atoms with Crippen molar-refractivity contribution in [2.45, 2.75) is 44.2 Å². The molecule has 2 heterocycles. The van der Waals surface area contributed by atoms with Gasteiger partial charge in [-0.2, -0.15) is 0 Å². The lowest BCUT2D eigenvalue weighted by molar-refractivity contribution is 0.660. The molecule has 0 N–H and O–H groups in total. The molecule has 1 aliphatic carbocycles. The fourth-order valence-electron chi connectivity index (χ4n) is 11.5. The minimum absolute atomic E-state index is 0.0811. The maximum Gasteiger partial charge on any atom is 0.119 e. The zero-order chi connectivity index (χ0) is 37.2. The molecule has 3 aliphatic rings. The Morgan fingerprint density at radius 1 is 0.375 bits per heavy atom. The van der Waals surface area contributed by atoms with Crippen molar-refractivity contribution in [1.82, 2.24) is 0 Å². The summed E-state index contributed by atoms with van der Waals surface area (Å²) >= 11 is 0. The molecule has 1 saturated heterocycles. The van der Waals surface area contributed by atoms with Crippen molar-refractivity contribution < 1.29 is 0 Å². The van der Waals surface area contributed by atoms with E-state index in [1.165, 1.54) is 124 Å². The van der Waals surface area contributed by atoms with E-state index >= 15 is 0 Å². The Balaban J connectivity index is 1.20. The zero-order valence-electron chi connectivity index (χ0n) is 32.0. The first-order chi connectivity index (χ1) is 27.5. The second-order valence-corrected chi connectivity index (χ2v) is 21.3. The zero-order valence-corrected chi connectivity index (χ0v) is 33.0. The summed E-state index contributed by atoms with van der Waals surface area (Å²) in [5, 5.41) is 11.1. The molecule has 266 valence electrons. The predicted molar refractivity (Wildman–Crippen MR) is 242 cm³/mol. The lowest BCUT2D eigenvalue weighted by atomic mass is 9.80. The Labute approximate surface area is 330 Å². The normalized spacial score (nSPS) is 15.7. The summed E-state index contributed by atoms with van der Waals surface area (Å²) in [6.07, 6.45) is 2.73. The topological polar surface area (TPSA) is 0 Å². The summed E-state index contributed by atoms with van der Waals surface area (Å²) in [5.74, 6) is 0. The van der Waals surface area contributed by atoms with Crippen molar-refractivity contribution in [3.8, 4) is 55.6 Å². The van der Waals surface area contributed by atoms with Gasteiger partial charge in [0.2, 0.25) is 0 Å². The Morgan fingerprint density at radius 3 is 1.82 bits per heavy atom. The number of fused-ring (bicyclic) bond motifs is 11. The molecule has 1 heteroatoms. The Bertz CT molecular complexity index is 3110. The van der Waals surface area contributed by atoms with E-state index in [0.29, 0.717) is 0 Å². The molecular formula is C55H42Si. The highest BCUT2D eigenvalue weighted by Gasteiger charge is 2.47. The molecule has 9 aromatic rings. The fraction of sp³-hybridized carbons (Fsp3) is 0.127. The summed E-state index contributed by atoms with van der Waals surface area (Å²) < 4.78 is 0. The molecular weight excluding hydrogens is 689 g/mol. The van der Waals surface area contributed by atoms with Gasteiger partial charge in [0.1, 0.15) is 8.07 Å². The highest BCUT2D eigenvalue weighted by atomic mass is 28.3. The SMILES string of the molecule is CC1(C)c2ccccc2-c2c(-c3c4ccccc4c(-c4ccc5c(c4)-c4ccccc4[Si]54CCCC4)c4ccc(-c5cccc6ccccc56)cc34)cccc21.